The molecular formula is C30H42N4O4. The van der Waals surface area contributed by atoms with E-state index in [9.17, 15) is 19.8 Å². The number of piperazine rings is 1. The molecule has 2 aromatic rings. The lowest BCUT2D eigenvalue weighted by atomic mass is 9.90. The van der Waals surface area contributed by atoms with E-state index in [0.717, 1.165) is 16.7 Å². The van der Waals surface area contributed by atoms with Gasteiger partial charge in [0.2, 0.25) is 11.8 Å². The molecule has 0 saturated carbocycles. The van der Waals surface area contributed by atoms with Gasteiger partial charge in [-0.25, -0.2) is 5.01 Å². The van der Waals surface area contributed by atoms with Crippen LogP contribution < -0.4 is 16.1 Å². The fourth-order valence-electron chi connectivity index (χ4n) is 5.35. The van der Waals surface area contributed by atoms with Crippen LogP contribution in [0.3, 0.4) is 0 Å². The number of carbonyl (C=O) groups is 2. The van der Waals surface area contributed by atoms with Crippen LogP contribution in [0.1, 0.15) is 56.3 Å². The second kappa shape index (κ2) is 12.4. The Morgan fingerprint density at radius 1 is 1.11 bits per heavy atom. The molecule has 0 bridgehead atoms. The molecule has 5 N–H and O–H groups in total. The van der Waals surface area contributed by atoms with Gasteiger partial charge in [-0.3, -0.25) is 15.0 Å². The number of fused-ring (bicyclic) bond motifs is 1. The van der Waals surface area contributed by atoms with E-state index in [-0.39, 0.29) is 17.9 Å². The number of nitrogens with one attached hydrogen (secondary N) is 3. The molecule has 1 fully saturated rings. The van der Waals surface area contributed by atoms with E-state index in [1.54, 1.807) is 0 Å². The summed E-state index contributed by atoms with van der Waals surface area (Å²) in [6.07, 6.45) is 0.418. The highest BCUT2D eigenvalue weighted by atomic mass is 16.3. The number of nitrogens with zero attached hydrogens (tertiary/aromatic N) is 1. The summed E-state index contributed by atoms with van der Waals surface area (Å²) < 4.78 is 0. The van der Waals surface area contributed by atoms with E-state index in [0.29, 0.717) is 45.3 Å². The summed E-state index contributed by atoms with van der Waals surface area (Å²) >= 11 is 0. The molecule has 38 heavy (non-hydrogen) atoms. The smallest absolute Gasteiger partial charge is 0.239 e. The van der Waals surface area contributed by atoms with Gasteiger partial charge in [0, 0.05) is 43.4 Å². The molecule has 1 heterocycles. The number of rotatable bonds is 9. The predicted molar refractivity (Wildman–Crippen MR) is 147 cm³/mol. The Kier molecular flexibility index (Phi) is 9.20. The molecule has 8 nitrogen and oxygen atoms in total. The van der Waals surface area contributed by atoms with Crippen molar-refractivity contribution in [3.05, 3.63) is 71.3 Å². The van der Waals surface area contributed by atoms with Crippen molar-refractivity contribution in [3.63, 3.8) is 0 Å². The quantitative estimate of drug-likeness (QED) is 0.345. The third-order valence-corrected chi connectivity index (χ3v) is 7.51. The first-order valence-corrected chi connectivity index (χ1v) is 13.7. The van der Waals surface area contributed by atoms with E-state index >= 15 is 0 Å². The lowest BCUT2D eigenvalue weighted by molar-refractivity contribution is -0.134. The number of hydrogen-bond donors (Lipinski definition) is 5. The van der Waals surface area contributed by atoms with Gasteiger partial charge in [0.15, 0.2) is 0 Å². The van der Waals surface area contributed by atoms with Crippen molar-refractivity contribution in [2.24, 2.45) is 11.3 Å². The Balaban J connectivity index is 1.39. The Hall–Kier alpha value is -2.78. The molecular weight excluding hydrogens is 480 g/mol. The van der Waals surface area contributed by atoms with Crippen molar-refractivity contribution in [2.45, 2.75) is 70.7 Å². The average Bonchev–Trinajstić information content (AvgIpc) is 3.18. The van der Waals surface area contributed by atoms with Crippen molar-refractivity contribution in [1.29, 1.82) is 0 Å². The zero-order valence-corrected chi connectivity index (χ0v) is 22.7. The van der Waals surface area contributed by atoms with Crippen molar-refractivity contribution in [1.82, 2.24) is 21.1 Å². The van der Waals surface area contributed by atoms with Gasteiger partial charge >= 0.3 is 0 Å². The first kappa shape index (κ1) is 28.2. The second-order valence-corrected chi connectivity index (χ2v) is 11.8. The van der Waals surface area contributed by atoms with E-state index in [1.807, 2.05) is 80.4 Å². The molecule has 206 valence electrons. The maximum absolute atomic E-state index is 13.5. The number of hydrogen-bond acceptors (Lipinski definition) is 6. The molecule has 4 rings (SSSR count). The van der Waals surface area contributed by atoms with E-state index in [2.05, 4.69) is 16.1 Å². The summed E-state index contributed by atoms with van der Waals surface area (Å²) in [6, 6.07) is 17.2. The SMILES string of the molecule is CC(C)(C)C(=O)NN1CCN[C@@H](CC(O)CC(Cc2ccccc2)C(=O)N[C@H]2c3ccccc3C[C@@H]2O)C1. The third kappa shape index (κ3) is 7.41. The Bertz CT molecular complexity index is 1090. The van der Waals surface area contributed by atoms with Gasteiger partial charge in [-0.15, -0.1) is 0 Å². The summed E-state index contributed by atoms with van der Waals surface area (Å²) in [4.78, 5) is 26.0. The maximum Gasteiger partial charge on any atom is 0.239 e. The second-order valence-electron chi connectivity index (χ2n) is 11.8. The topological polar surface area (TPSA) is 114 Å². The van der Waals surface area contributed by atoms with Crippen LogP contribution in [0.4, 0.5) is 0 Å². The van der Waals surface area contributed by atoms with Gasteiger partial charge < -0.3 is 20.8 Å². The van der Waals surface area contributed by atoms with E-state index < -0.39 is 29.6 Å². The van der Waals surface area contributed by atoms with Crippen LogP contribution in [-0.4, -0.2) is 64.9 Å². The molecule has 1 saturated heterocycles. The highest BCUT2D eigenvalue weighted by molar-refractivity contribution is 5.81. The van der Waals surface area contributed by atoms with Crippen LogP contribution in [0, 0.1) is 11.3 Å². The van der Waals surface area contributed by atoms with Crippen LogP contribution in [0.5, 0.6) is 0 Å². The predicted octanol–water partition coefficient (Wildman–Crippen LogP) is 2.11. The standard InChI is InChI=1S/C30H42N4O4/c1-30(2,3)29(38)33-34-14-13-31-23(19-34)18-24(35)16-22(15-20-9-5-4-6-10-20)28(37)32-27-25-12-8-7-11-21(25)17-26(27)36/h4-12,22-24,26-27,31,35-36H,13-19H2,1-3H3,(H,32,37)(H,33,38)/t22?,23-,24?,26-,27-/m0/s1. The van der Waals surface area contributed by atoms with E-state index in [4.69, 9.17) is 0 Å². The lowest BCUT2D eigenvalue weighted by Crippen LogP contribution is -2.58. The van der Waals surface area contributed by atoms with Gasteiger partial charge in [0.1, 0.15) is 0 Å². The highest BCUT2D eigenvalue weighted by Gasteiger charge is 2.34. The third-order valence-electron chi connectivity index (χ3n) is 7.51. The van der Waals surface area contributed by atoms with E-state index in [1.165, 1.54) is 0 Å². The van der Waals surface area contributed by atoms with Gasteiger partial charge in [-0.1, -0.05) is 75.4 Å². The molecule has 5 atom stereocenters. The van der Waals surface area contributed by atoms with Crippen molar-refractivity contribution in [2.75, 3.05) is 19.6 Å². The Morgan fingerprint density at radius 3 is 2.55 bits per heavy atom. The zero-order chi connectivity index (χ0) is 27.3. The number of amides is 2. The minimum Gasteiger partial charge on any atom is -0.393 e. The molecule has 2 aromatic carbocycles. The summed E-state index contributed by atoms with van der Waals surface area (Å²) in [5, 5.41) is 30.2. The summed E-state index contributed by atoms with van der Waals surface area (Å²) in [6.45, 7) is 7.62. The molecule has 2 unspecified atom stereocenters. The molecule has 2 aliphatic rings. The molecule has 2 amide bonds. The lowest BCUT2D eigenvalue weighted by Gasteiger charge is -2.36. The molecule has 1 aliphatic heterocycles. The van der Waals surface area contributed by atoms with Crippen molar-refractivity contribution < 1.29 is 19.8 Å². The highest BCUT2D eigenvalue weighted by Crippen LogP contribution is 2.32. The number of benzene rings is 2. The summed E-state index contributed by atoms with van der Waals surface area (Å²) in [5.74, 6) is -0.647. The number of hydrazine groups is 1. The van der Waals surface area contributed by atoms with Gasteiger partial charge in [0.05, 0.1) is 18.2 Å². The van der Waals surface area contributed by atoms with Gasteiger partial charge in [-0.2, -0.15) is 0 Å². The minimum absolute atomic E-state index is 0.0111. The van der Waals surface area contributed by atoms with Crippen LogP contribution in [-0.2, 0) is 22.4 Å². The Morgan fingerprint density at radius 2 is 1.82 bits per heavy atom. The largest absolute Gasteiger partial charge is 0.393 e. The molecule has 0 radical (unpaired) electrons. The fourth-order valence-corrected chi connectivity index (χ4v) is 5.35. The zero-order valence-electron chi connectivity index (χ0n) is 22.7. The molecule has 1 aliphatic carbocycles. The number of aliphatic hydroxyl groups excluding tert-OH is 2. The summed E-state index contributed by atoms with van der Waals surface area (Å²) in [5.41, 5.74) is 5.54. The van der Waals surface area contributed by atoms with Crippen molar-refractivity contribution in [3.8, 4) is 0 Å². The fraction of sp³-hybridized carbons (Fsp3) is 0.533. The van der Waals surface area contributed by atoms with Crippen molar-refractivity contribution >= 4 is 11.8 Å². The minimum atomic E-state index is -0.703. The number of carbonyl (C=O) groups excluding carboxylic acids is 2. The first-order chi connectivity index (χ1) is 18.1. The van der Waals surface area contributed by atoms with Crippen LogP contribution in [0.15, 0.2) is 54.6 Å². The van der Waals surface area contributed by atoms with Gasteiger partial charge in [0.25, 0.3) is 0 Å². The monoisotopic (exact) mass is 522 g/mol. The summed E-state index contributed by atoms with van der Waals surface area (Å²) in [7, 11) is 0. The normalized spacial score (nSPS) is 23.3. The molecule has 0 aromatic heterocycles. The molecule has 0 spiro atoms. The Labute approximate surface area is 225 Å². The molecule has 8 heteroatoms. The van der Waals surface area contributed by atoms with Crippen LogP contribution >= 0.6 is 0 Å². The maximum atomic E-state index is 13.5. The number of aliphatic hydroxyl groups is 2. The van der Waals surface area contributed by atoms with Gasteiger partial charge in [-0.05, 0) is 36.0 Å². The first-order valence-electron chi connectivity index (χ1n) is 13.7. The van der Waals surface area contributed by atoms with Crippen LogP contribution in [0.25, 0.3) is 0 Å². The van der Waals surface area contributed by atoms with Crippen LogP contribution in [0.2, 0.25) is 0 Å². The average molecular weight is 523 g/mol.